The Kier molecular flexibility index (Phi) is 6.42. The fraction of sp³-hybridized carbons (Fsp3) is 0.529. The van der Waals surface area contributed by atoms with E-state index in [9.17, 15) is 16.8 Å². The molecule has 1 atom stereocenters. The van der Waals surface area contributed by atoms with Gasteiger partial charge < -0.3 is 0 Å². The van der Waals surface area contributed by atoms with Crippen molar-refractivity contribution in [3.63, 3.8) is 0 Å². The van der Waals surface area contributed by atoms with Gasteiger partial charge in [0, 0.05) is 25.0 Å². The van der Waals surface area contributed by atoms with Gasteiger partial charge in [0.05, 0.1) is 4.90 Å². The van der Waals surface area contributed by atoms with Crippen LogP contribution in [0.3, 0.4) is 0 Å². The van der Waals surface area contributed by atoms with Gasteiger partial charge in [0.25, 0.3) is 0 Å². The molecule has 0 saturated carbocycles. The summed E-state index contributed by atoms with van der Waals surface area (Å²) in [5, 5.41) is 0.862. The molecule has 1 saturated heterocycles. The van der Waals surface area contributed by atoms with Crippen molar-refractivity contribution in [3.05, 3.63) is 41.8 Å². The summed E-state index contributed by atoms with van der Waals surface area (Å²) in [6, 6.07) is 6.98. The fourth-order valence-corrected chi connectivity index (χ4v) is 5.02. The Labute approximate surface area is 151 Å². The number of hydrogen-bond acceptors (Lipinski definition) is 4. The summed E-state index contributed by atoms with van der Waals surface area (Å²) in [4.78, 5) is 0.282. The van der Waals surface area contributed by atoms with Gasteiger partial charge in [-0.15, -0.1) is 0 Å². The number of nitrogens with zero attached hydrogens (tertiary/aromatic N) is 1. The summed E-state index contributed by atoms with van der Waals surface area (Å²) in [5.74, 6) is 0.294. The van der Waals surface area contributed by atoms with E-state index in [-0.39, 0.29) is 17.4 Å². The summed E-state index contributed by atoms with van der Waals surface area (Å²) in [6.45, 7) is 8.36. The fourth-order valence-electron chi connectivity index (χ4n) is 2.88. The lowest BCUT2D eigenvalue weighted by molar-refractivity contribution is 0.267. The second-order valence-electron chi connectivity index (χ2n) is 6.66. The zero-order chi connectivity index (χ0) is 18.7. The van der Waals surface area contributed by atoms with E-state index in [1.54, 1.807) is 12.1 Å². The van der Waals surface area contributed by atoms with Crippen LogP contribution >= 0.6 is 0 Å². The lowest BCUT2D eigenvalue weighted by Gasteiger charge is -2.32. The number of hydrogen-bond donors (Lipinski definition) is 1. The van der Waals surface area contributed by atoms with Crippen LogP contribution in [0.15, 0.2) is 41.1 Å². The van der Waals surface area contributed by atoms with Crippen molar-refractivity contribution < 1.29 is 16.8 Å². The van der Waals surface area contributed by atoms with Crippen molar-refractivity contribution >= 4 is 20.0 Å². The largest absolute Gasteiger partial charge is 0.243 e. The molecule has 0 aliphatic carbocycles. The first kappa shape index (κ1) is 20.1. The molecule has 1 aliphatic heterocycles. The van der Waals surface area contributed by atoms with Crippen molar-refractivity contribution in [2.24, 2.45) is 5.92 Å². The summed E-state index contributed by atoms with van der Waals surface area (Å²) in [6.07, 6.45) is 1.50. The van der Waals surface area contributed by atoms with E-state index < -0.39 is 20.0 Å². The van der Waals surface area contributed by atoms with Crippen LogP contribution in [-0.4, -0.2) is 40.8 Å². The highest BCUT2D eigenvalue weighted by Crippen LogP contribution is 2.25. The molecule has 0 spiro atoms. The van der Waals surface area contributed by atoms with Crippen LogP contribution in [0.5, 0.6) is 0 Å². The van der Waals surface area contributed by atoms with Gasteiger partial charge in [-0.2, -0.15) is 4.31 Å². The van der Waals surface area contributed by atoms with E-state index in [0.717, 1.165) is 17.4 Å². The molecule has 0 unspecified atom stereocenters. The Hall–Kier alpha value is -1.22. The zero-order valence-electron chi connectivity index (χ0n) is 14.7. The van der Waals surface area contributed by atoms with Crippen molar-refractivity contribution in [1.29, 1.82) is 0 Å². The van der Waals surface area contributed by atoms with Gasteiger partial charge in [-0.1, -0.05) is 32.6 Å². The van der Waals surface area contributed by atoms with Crippen molar-refractivity contribution in [3.8, 4) is 0 Å². The minimum Gasteiger partial charge on any atom is -0.211 e. The molecule has 8 heteroatoms. The molecular formula is C17H26N2O4S2. The zero-order valence-corrected chi connectivity index (χ0v) is 16.3. The lowest BCUT2D eigenvalue weighted by atomic mass is 10.0. The predicted octanol–water partition coefficient (Wildman–Crippen LogP) is 2.27. The first-order chi connectivity index (χ1) is 11.7. The van der Waals surface area contributed by atoms with E-state index >= 15 is 0 Å². The maximum atomic E-state index is 12.8. The molecule has 0 radical (unpaired) electrons. The third kappa shape index (κ3) is 5.13. The summed E-state index contributed by atoms with van der Waals surface area (Å²) < 4.78 is 52.5. The Morgan fingerprint density at radius 2 is 1.88 bits per heavy atom. The minimum absolute atomic E-state index is 0.0480. The van der Waals surface area contributed by atoms with Crippen molar-refractivity contribution in [2.75, 3.05) is 19.6 Å². The summed E-state index contributed by atoms with van der Waals surface area (Å²) in [7, 11) is -7.05. The van der Waals surface area contributed by atoms with Gasteiger partial charge in [-0.3, -0.25) is 0 Å². The second-order valence-corrected chi connectivity index (χ2v) is 10.3. The quantitative estimate of drug-likeness (QED) is 0.779. The Bertz CT molecular complexity index is 800. The highest BCUT2D eigenvalue weighted by atomic mass is 32.2. The molecule has 140 valence electrons. The number of nitrogens with one attached hydrogen (secondary N) is 1. The van der Waals surface area contributed by atoms with Crippen LogP contribution in [0.4, 0.5) is 0 Å². The molecule has 1 heterocycles. The third-order valence-electron chi connectivity index (χ3n) is 4.46. The SMILES string of the molecule is C=CS(=O)(=O)NC[C@H]1CCCN(S(=O)(=O)c2ccc(C(C)C)cc2)C1. The van der Waals surface area contributed by atoms with Crippen LogP contribution in [-0.2, 0) is 20.0 Å². The predicted molar refractivity (Wildman–Crippen MR) is 99.1 cm³/mol. The maximum absolute atomic E-state index is 12.8. The van der Waals surface area contributed by atoms with Gasteiger partial charge in [0.2, 0.25) is 20.0 Å². The van der Waals surface area contributed by atoms with Crippen LogP contribution in [0.25, 0.3) is 0 Å². The van der Waals surface area contributed by atoms with E-state index in [0.29, 0.717) is 25.4 Å². The van der Waals surface area contributed by atoms with Gasteiger partial charge >= 0.3 is 0 Å². The van der Waals surface area contributed by atoms with Gasteiger partial charge in [-0.05, 0) is 42.4 Å². The highest BCUT2D eigenvalue weighted by Gasteiger charge is 2.30. The average Bonchev–Trinajstić information content (AvgIpc) is 2.60. The van der Waals surface area contributed by atoms with Crippen molar-refractivity contribution in [1.82, 2.24) is 9.03 Å². The highest BCUT2D eigenvalue weighted by molar-refractivity contribution is 7.92. The normalized spacial score (nSPS) is 19.9. The monoisotopic (exact) mass is 386 g/mol. The number of rotatable bonds is 7. The second kappa shape index (κ2) is 7.99. The molecule has 25 heavy (non-hydrogen) atoms. The molecule has 1 fully saturated rings. The molecule has 2 rings (SSSR count). The standard InChI is InChI=1S/C17H26N2O4S2/c1-4-24(20,21)18-12-15-6-5-11-19(13-15)25(22,23)17-9-7-16(8-10-17)14(2)3/h4,7-10,14-15,18H,1,5-6,11-13H2,2-3H3/t15-/m1/s1. The molecule has 6 nitrogen and oxygen atoms in total. The van der Waals surface area contributed by atoms with Crippen LogP contribution in [0.2, 0.25) is 0 Å². The Morgan fingerprint density at radius 1 is 1.24 bits per heavy atom. The van der Waals surface area contributed by atoms with Crippen LogP contribution in [0.1, 0.15) is 38.2 Å². The van der Waals surface area contributed by atoms with Crippen molar-refractivity contribution in [2.45, 2.75) is 37.5 Å². The van der Waals surface area contributed by atoms with Gasteiger partial charge in [0.1, 0.15) is 0 Å². The molecule has 1 N–H and O–H groups in total. The Morgan fingerprint density at radius 3 is 2.44 bits per heavy atom. The van der Waals surface area contributed by atoms with Crippen LogP contribution in [0, 0.1) is 5.92 Å². The molecule has 0 bridgehead atoms. The van der Waals surface area contributed by atoms with E-state index in [2.05, 4.69) is 25.1 Å². The molecule has 0 amide bonds. The van der Waals surface area contributed by atoms with E-state index in [1.165, 1.54) is 4.31 Å². The first-order valence-corrected chi connectivity index (χ1v) is 11.4. The smallest absolute Gasteiger partial charge is 0.211 e. The molecule has 0 aromatic heterocycles. The topological polar surface area (TPSA) is 83.6 Å². The van der Waals surface area contributed by atoms with Gasteiger partial charge in [0.15, 0.2) is 0 Å². The van der Waals surface area contributed by atoms with Crippen LogP contribution < -0.4 is 4.72 Å². The van der Waals surface area contributed by atoms with Gasteiger partial charge in [-0.25, -0.2) is 21.6 Å². The minimum atomic E-state index is -3.56. The number of benzene rings is 1. The van der Waals surface area contributed by atoms with E-state index in [4.69, 9.17) is 0 Å². The maximum Gasteiger partial charge on any atom is 0.243 e. The lowest BCUT2D eigenvalue weighted by Crippen LogP contribution is -2.43. The van der Waals surface area contributed by atoms with E-state index in [1.807, 2.05) is 12.1 Å². The average molecular weight is 387 g/mol. The Balaban J connectivity index is 2.09. The summed E-state index contributed by atoms with van der Waals surface area (Å²) >= 11 is 0. The third-order valence-corrected chi connectivity index (χ3v) is 7.35. The number of sulfonamides is 2. The molecule has 1 aromatic rings. The molecule has 1 aliphatic rings. The first-order valence-electron chi connectivity index (χ1n) is 8.38. The summed E-state index contributed by atoms with van der Waals surface area (Å²) in [5.41, 5.74) is 1.09. The number of piperidine rings is 1. The molecular weight excluding hydrogens is 360 g/mol. The molecule has 1 aromatic carbocycles.